The first-order valence-electron chi connectivity index (χ1n) is 11.2. The molecular formula is C24H29N3O4S. The summed E-state index contributed by atoms with van der Waals surface area (Å²) in [5.41, 5.74) is 9.32. The van der Waals surface area contributed by atoms with Gasteiger partial charge in [-0.05, 0) is 80.0 Å². The van der Waals surface area contributed by atoms with E-state index in [-0.39, 0.29) is 17.1 Å². The fourth-order valence-electron chi connectivity index (χ4n) is 4.50. The highest BCUT2D eigenvalue weighted by molar-refractivity contribution is 7.91. The van der Waals surface area contributed by atoms with E-state index in [1.54, 1.807) is 30.3 Å². The number of aryl methyl sites for hydroxylation is 2. The van der Waals surface area contributed by atoms with Crippen LogP contribution in [-0.2, 0) is 27.5 Å². The molecule has 1 aliphatic carbocycles. The third-order valence-corrected chi connectivity index (χ3v) is 7.99. The number of sulfone groups is 1. The van der Waals surface area contributed by atoms with Crippen LogP contribution >= 0.6 is 0 Å². The van der Waals surface area contributed by atoms with E-state index in [0.717, 1.165) is 62.9 Å². The molecule has 1 heterocycles. The Hall–Kier alpha value is -2.87. The van der Waals surface area contributed by atoms with E-state index < -0.39 is 21.7 Å². The molecule has 2 aliphatic rings. The Morgan fingerprint density at radius 1 is 0.938 bits per heavy atom. The van der Waals surface area contributed by atoms with Gasteiger partial charge in [-0.2, -0.15) is 0 Å². The molecule has 0 atom stereocenters. The van der Waals surface area contributed by atoms with Gasteiger partial charge >= 0.3 is 0 Å². The minimum atomic E-state index is -3.57. The quantitative estimate of drug-likeness (QED) is 0.667. The Morgan fingerprint density at radius 2 is 1.69 bits per heavy atom. The zero-order valence-electron chi connectivity index (χ0n) is 18.1. The molecule has 0 aromatic heterocycles. The molecule has 32 heavy (non-hydrogen) atoms. The number of fused-ring (bicyclic) bond motifs is 1. The first-order valence-corrected chi connectivity index (χ1v) is 12.8. The van der Waals surface area contributed by atoms with Gasteiger partial charge in [0.1, 0.15) is 0 Å². The second-order valence-corrected chi connectivity index (χ2v) is 10.7. The Morgan fingerprint density at radius 3 is 2.44 bits per heavy atom. The summed E-state index contributed by atoms with van der Waals surface area (Å²) >= 11 is 0. The molecule has 1 fully saturated rings. The molecule has 0 saturated carbocycles. The van der Waals surface area contributed by atoms with Gasteiger partial charge in [0, 0.05) is 25.1 Å². The van der Waals surface area contributed by atoms with Crippen molar-refractivity contribution in [3.63, 3.8) is 0 Å². The van der Waals surface area contributed by atoms with Crippen LogP contribution in [0, 0.1) is 0 Å². The van der Waals surface area contributed by atoms with Crippen LogP contribution < -0.4 is 16.0 Å². The third kappa shape index (κ3) is 4.96. The summed E-state index contributed by atoms with van der Waals surface area (Å²) in [7, 11) is -3.57. The number of nitrogens with two attached hydrogens (primary N) is 1. The SMILES string of the molecule is NC(=O)c1ccc(N2CCCCC2)c(NC(=O)CCS(=O)(=O)c2ccc3c(c2)CCC3)c1. The maximum absolute atomic E-state index is 12.8. The topological polar surface area (TPSA) is 110 Å². The predicted octanol–water partition coefficient (Wildman–Crippen LogP) is 3.07. The Labute approximate surface area is 188 Å². The summed E-state index contributed by atoms with van der Waals surface area (Å²) in [5, 5.41) is 2.82. The molecule has 3 N–H and O–H groups in total. The standard InChI is InChI=1S/C24H29N3O4S/c25-24(29)19-8-10-22(27-12-2-1-3-13-27)21(16-19)26-23(28)11-14-32(30,31)20-9-7-17-5-4-6-18(17)15-20/h7-10,15-16H,1-6,11-14H2,(H2,25,29)(H,26,28). The van der Waals surface area contributed by atoms with E-state index in [1.165, 1.54) is 5.56 Å². The summed E-state index contributed by atoms with van der Waals surface area (Å²) < 4.78 is 25.6. The molecule has 1 saturated heterocycles. The molecule has 2 aromatic rings. The van der Waals surface area contributed by atoms with E-state index in [4.69, 9.17) is 5.73 Å². The van der Waals surface area contributed by atoms with Crippen LogP contribution in [-0.4, -0.2) is 39.1 Å². The molecule has 0 radical (unpaired) electrons. The number of rotatable bonds is 7. The van der Waals surface area contributed by atoms with Gasteiger partial charge in [0.2, 0.25) is 11.8 Å². The summed E-state index contributed by atoms with van der Waals surface area (Å²) in [6.45, 7) is 1.73. The first kappa shape index (κ1) is 22.3. The summed E-state index contributed by atoms with van der Waals surface area (Å²) in [5.74, 6) is -1.26. The van der Waals surface area contributed by atoms with E-state index in [2.05, 4.69) is 10.2 Å². The van der Waals surface area contributed by atoms with Gasteiger partial charge in [-0.25, -0.2) is 8.42 Å². The minimum Gasteiger partial charge on any atom is -0.370 e. The van der Waals surface area contributed by atoms with Crippen molar-refractivity contribution < 1.29 is 18.0 Å². The van der Waals surface area contributed by atoms with Gasteiger partial charge in [-0.1, -0.05) is 6.07 Å². The number of hydrogen-bond donors (Lipinski definition) is 2. The van der Waals surface area contributed by atoms with Crippen LogP contribution in [0.25, 0.3) is 0 Å². The number of carbonyl (C=O) groups excluding carboxylic acids is 2. The molecule has 2 amide bonds. The minimum absolute atomic E-state index is 0.167. The van der Waals surface area contributed by atoms with E-state index in [9.17, 15) is 18.0 Å². The lowest BCUT2D eigenvalue weighted by Crippen LogP contribution is -2.30. The van der Waals surface area contributed by atoms with Crippen molar-refractivity contribution in [1.29, 1.82) is 0 Å². The molecule has 1 aliphatic heterocycles. The maximum Gasteiger partial charge on any atom is 0.248 e. The van der Waals surface area contributed by atoms with Crippen molar-refractivity contribution in [3.05, 3.63) is 53.1 Å². The lowest BCUT2D eigenvalue weighted by atomic mass is 10.1. The fourth-order valence-corrected chi connectivity index (χ4v) is 5.79. The van der Waals surface area contributed by atoms with Crippen LogP contribution in [0.2, 0.25) is 0 Å². The zero-order chi connectivity index (χ0) is 22.7. The first-order chi connectivity index (χ1) is 15.3. The zero-order valence-corrected chi connectivity index (χ0v) is 18.9. The second-order valence-electron chi connectivity index (χ2n) is 8.55. The van der Waals surface area contributed by atoms with Crippen LogP contribution in [0.1, 0.15) is 53.6 Å². The van der Waals surface area contributed by atoms with Crippen molar-refractivity contribution in [2.45, 2.75) is 49.8 Å². The second kappa shape index (κ2) is 9.32. The maximum atomic E-state index is 12.8. The van der Waals surface area contributed by atoms with Gasteiger partial charge < -0.3 is 16.0 Å². The van der Waals surface area contributed by atoms with Crippen molar-refractivity contribution >= 4 is 33.0 Å². The van der Waals surface area contributed by atoms with E-state index in [0.29, 0.717) is 11.3 Å². The van der Waals surface area contributed by atoms with Gasteiger partial charge in [0.05, 0.1) is 22.0 Å². The summed E-state index contributed by atoms with van der Waals surface area (Å²) in [6, 6.07) is 10.3. The number of carbonyl (C=O) groups is 2. The highest BCUT2D eigenvalue weighted by Crippen LogP contribution is 2.30. The van der Waals surface area contributed by atoms with E-state index in [1.807, 2.05) is 6.07 Å². The summed E-state index contributed by atoms with van der Waals surface area (Å²) in [6.07, 6.45) is 6.05. The van der Waals surface area contributed by atoms with Crippen LogP contribution in [0.3, 0.4) is 0 Å². The monoisotopic (exact) mass is 455 g/mol. The predicted molar refractivity (Wildman–Crippen MR) is 125 cm³/mol. The van der Waals surface area contributed by atoms with Crippen molar-refractivity contribution in [2.75, 3.05) is 29.1 Å². The average molecular weight is 456 g/mol. The molecule has 4 rings (SSSR count). The smallest absolute Gasteiger partial charge is 0.248 e. The highest BCUT2D eigenvalue weighted by Gasteiger charge is 2.21. The molecule has 8 heteroatoms. The Bertz CT molecular complexity index is 1140. The number of benzene rings is 2. The van der Waals surface area contributed by atoms with Gasteiger partial charge in [0.15, 0.2) is 9.84 Å². The van der Waals surface area contributed by atoms with Gasteiger partial charge in [-0.15, -0.1) is 0 Å². The molecule has 0 unspecified atom stereocenters. The Kier molecular flexibility index (Phi) is 6.50. The average Bonchev–Trinajstić information content (AvgIpc) is 3.26. The molecule has 2 aromatic carbocycles. The normalized spacial score (nSPS) is 15.9. The highest BCUT2D eigenvalue weighted by atomic mass is 32.2. The number of hydrogen-bond acceptors (Lipinski definition) is 5. The number of anilines is 2. The van der Waals surface area contributed by atoms with Crippen molar-refractivity contribution in [3.8, 4) is 0 Å². The van der Waals surface area contributed by atoms with Crippen LogP contribution in [0.5, 0.6) is 0 Å². The van der Waals surface area contributed by atoms with Crippen molar-refractivity contribution in [1.82, 2.24) is 0 Å². The number of amides is 2. The molecule has 0 spiro atoms. The molecule has 170 valence electrons. The number of nitrogens with one attached hydrogen (secondary N) is 1. The molecule has 0 bridgehead atoms. The van der Waals surface area contributed by atoms with Crippen LogP contribution in [0.15, 0.2) is 41.3 Å². The van der Waals surface area contributed by atoms with Gasteiger partial charge in [-0.3, -0.25) is 9.59 Å². The lowest BCUT2D eigenvalue weighted by molar-refractivity contribution is -0.115. The number of primary amides is 1. The number of nitrogens with zero attached hydrogens (tertiary/aromatic N) is 1. The van der Waals surface area contributed by atoms with E-state index >= 15 is 0 Å². The van der Waals surface area contributed by atoms with Crippen LogP contribution in [0.4, 0.5) is 11.4 Å². The lowest BCUT2D eigenvalue weighted by Gasteiger charge is -2.30. The third-order valence-electron chi connectivity index (χ3n) is 6.28. The van der Waals surface area contributed by atoms with Gasteiger partial charge in [0.25, 0.3) is 0 Å². The largest absolute Gasteiger partial charge is 0.370 e. The van der Waals surface area contributed by atoms with Crippen molar-refractivity contribution in [2.24, 2.45) is 5.73 Å². The Balaban J connectivity index is 1.47. The molecular weight excluding hydrogens is 426 g/mol. The molecule has 7 nitrogen and oxygen atoms in total. The fraction of sp³-hybridized carbons (Fsp3) is 0.417. The number of piperidine rings is 1. The summed E-state index contributed by atoms with van der Waals surface area (Å²) in [4.78, 5) is 26.8.